The lowest BCUT2D eigenvalue weighted by molar-refractivity contribution is -0.385. The molecule has 2 aliphatic rings. The number of carbonyl (C=O) groups is 2. The van der Waals surface area contributed by atoms with Gasteiger partial charge in [-0.3, -0.25) is 19.7 Å². The molecule has 0 radical (unpaired) electrons. The van der Waals surface area contributed by atoms with Crippen molar-refractivity contribution in [3.8, 4) is 11.5 Å². The first-order valence-corrected chi connectivity index (χ1v) is 11.0. The van der Waals surface area contributed by atoms with Crippen molar-refractivity contribution >= 4 is 33.2 Å². The van der Waals surface area contributed by atoms with Gasteiger partial charge in [0.15, 0.2) is 11.5 Å². The third-order valence-electron chi connectivity index (χ3n) is 4.83. The summed E-state index contributed by atoms with van der Waals surface area (Å²) >= 11 is 0. The van der Waals surface area contributed by atoms with Crippen LogP contribution in [0.5, 0.6) is 11.5 Å². The number of nitrogens with one attached hydrogen (secondary N) is 2. The van der Waals surface area contributed by atoms with Crippen LogP contribution in [0.1, 0.15) is 10.4 Å². The second-order valence-corrected chi connectivity index (χ2v) is 8.88. The lowest BCUT2D eigenvalue weighted by atomic mass is 10.1. The summed E-state index contributed by atoms with van der Waals surface area (Å²) in [6.07, 6.45) is 0. The van der Waals surface area contributed by atoms with Crippen LogP contribution in [-0.4, -0.2) is 62.3 Å². The molecule has 0 saturated carbocycles. The molecule has 32 heavy (non-hydrogen) atoms. The zero-order valence-electron chi connectivity index (χ0n) is 16.6. The lowest BCUT2D eigenvalue weighted by Gasteiger charge is -2.26. The number of hydrogen-bond acceptors (Lipinski definition) is 8. The molecule has 1 saturated heterocycles. The Balaban J connectivity index is 1.61. The SMILES string of the molecule is O=C1CN(S(=O)(=O)c2cccc(NC(=O)c3cc4c(cc3[N+](=O)[O-])OCCO4)c2)CCN1. The minimum atomic E-state index is -3.98. The largest absolute Gasteiger partial charge is 0.486 e. The van der Waals surface area contributed by atoms with Crippen LogP contribution in [0.15, 0.2) is 41.3 Å². The third-order valence-corrected chi connectivity index (χ3v) is 6.68. The molecule has 2 amide bonds. The molecule has 0 aromatic heterocycles. The molecule has 0 aliphatic carbocycles. The fourth-order valence-corrected chi connectivity index (χ4v) is 4.76. The Kier molecular flexibility index (Phi) is 5.67. The standard InChI is InChI=1S/C19H18N4O8S/c24-18-11-22(5-4-20-18)32(28,29)13-3-1-2-12(8-13)21-19(25)14-9-16-17(31-7-6-30-16)10-15(14)23(26)27/h1-3,8-10H,4-7,11H2,(H,20,24)(H,21,25). The molecule has 13 heteroatoms. The number of piperazine rings is 1. The van der Waals surface area contributed by atoms with Crippen LogP contribution in [-0.2, 0) is 14.8 Å². The van der Waals surface area contributed by atoms with E-state index in [2.05, 4.69) is 10.6 Å². The molecule has 1 fully saturated rings. The maximum atomic E-state index is 12.9. The van der Waals surface area contributed by atoms with Gasteiger partial charge in [0.1, 0.15) is 18.8 Å². The first kappa shape index (κ1) is 21.5. The van der Waals surface area contributed by atoms with Gasteiger partial charge in [0.05, 0.1) is 22.4 Å². The maximum Gasteiger partial charge on any atom is 0.286 e. The summed E-state index contributed by atoms with van der Waals surface area (Å²) in [6.45, 7) is 0.481. The number of nitro benzene ring substituents is 1. The predicted molar refractivity (Wildman–Crippen MR) is 110 cm³/mol. The van der Waals surface area contributed by atoms with Crippen LogP contribution in [0.2, 0.25) is 0 Å². The Hall–Kier alpha value is -3.71. The lowest BCUT2D eigenvalue weighted by Crippen LogP contribution is -2.49. The number of amides is 2. The highest BCUT2D eigenvalue weighted by molar-refractivity contribution is 7.89. The van der Waals surface area contributed by atoms with Crippen LogP contribution in [0.25, 0.3) is 0 Å². The monoisotopic (exact) mass is 462 g/mol. The van der Waals surface area contributed by atoms with Crippen LogP contribution < -0.4 is 20.1 Å². The molecule has 168 valence electrons. The van der Waals surface area contributed by atoms with Crippen molar-refractivity contribution in [2.75, 3.05) is 38.2 Å². The molecular formula is C19H18N4O8S. The van der Waals surface area contributed by atoms with Crippen LogP contribution >= 0.6 is 0 Å². The van der Waals surface area contributed by atoms with Crippen molar-refractivity contribution in [2.45, 2.75) is 4.90 Å². The van der Waals surface area contributed by atoms with E-state index in [1.54, 1.807) is 0 Å². The second-order valence-electron chi connectivity index (χ2n) is 6.94. The molecule has 2 aliphatic heterocycles. The molecule has 12 nitrogen and oxygen atoms in total. The van der Waals surface area contributed by atoms with E-state index in [9.17, 15) is 28.1 Å². The number of nitro groups is 1. The summed E-state index contributed by atoms with van der Waals surface area (Å²) in [6, 6.07) is 7.77. The van der Waals surface area contributed by atoms with Gasteiger partial charge in [-0.05, 0) is 18.2 Å². The Morgan fingerprint density at radius 1 is 1.16 bits per heavy atom. The molecular weight excluding hydrogens is 444 g/mol. The quantitative estimate of drug-likeness (QED) is 0.486. The highest BCUT2D eigenvalue weighted by atomic mass is 32.2. The fraction of sp³-hybridized carbons (Fsp3) is 0.263. The normalized spacial score (nSPS) is 16.2. The molecule has 0 spiro atoms. The number of rotatable bonds is 5. The summed E-state index contributed by atoms with van der Waals surface area (Å²) in [5.74, 6) is -0.861. The highest BCUT2D eigenvalue weighted by Gasteiger charge is 2.30. The molecule has 2 aromatic rings. The summed E-state index contributed by atoms with van der Waals surface area (Å²) in [4.78, 5) is 35.0. The molecule has 0 atom stereocenters. The van der Waals surface area contributed by atoms with Crippen molar-refractivity contribution in [2.24, 2.45) is 0 Å². The fourth-order valence-electron chi connectivity index (χ4n) is 3.31. The number of benzene rings is 2. The van der Waals surface area contributed by atoms with Crippen molar-refractivity contribution in [1.82, 2.24) is 9.62 Å². The van der Waals surface area contributed by atoms with Crippen molar-refractivity contribution in [3.63, 3.8) is 0 Å². The first-order valence-electron chi connectivity index (χ1n) is 9.52. The van der Waals surface area contributed by atoms with E-state index in [-0.39, 0.29) is 60.5 Å². The predicted octanol–water partition coefficient (Wildman–Crippen LogP) is 0.739. The van der Waals surface area contributed by atoms with Crippen LogP contribution in [0.4, 0.5) is 11.4 Å². The highest BCUT2D eigenvalue weighted by Crippen LogP contribution is 2.37. The smallest absolute Gasteiger partial charge is 0.286 e. The Labute approximate surface area is 182 Å². The number of hydrogen-bond donors (Lipinski definition) is 2. The number of sulfonamides is 1. The number of fused-ring (bicyclic) bond motifs is 1. The van der Waals surface area contributed by atoms with E-state index in [4.69, 9.17) is 9.47 Å². The molecule has 0 bridgehead atoms. The van der Waals surface area contributed by atoms with Gasteiger partial charge in [0.2, 0.25) is 15.9 Å². The van der Waals surface area contributed by atoms with E-state index in [0.29, 0.717) is 0 Å². The van der Waals surface area contributed by atoms with Gasteiger partial charge in [-0.1, -0.05) is 6.07 Å². The average molecular weight is 462 g/mol. The second kappa shape index (κ2) is 8.43. The summed E-state index contributed by atoms with van der Waals surface area (Å²) in [7, 11) is -3.98. The van der Waals surface area contributed by atoms with E-state index in [1.165, 1.54) is 30.3 Å². The molecule has 0 unspecified atom stereocenters. The van der Waals surface area contributed by atoms with Gasteiger partial charge in [0.25, 0.3) is 11.6 Å². The van der Waals surface area contributed by atoms with E-state index in [1.807, 2.05) is 0 Å². The Morgan fingerprint density at radius 2 is 1.88 bits per heavy atom. The first-order chi connectivity index (χ1) is 15.3. The van der Waals surface area contributed by atoms with Crippen LogP contribution in [0.3, 0.4) is 0 Å². The summed E-state index contributed by atoms with van der Waals surface area (Å²) in [5.41, 5.74) is -0.628. The minimum Gasteiger partial charge on any atom is -0.486 e. The molecule has 4 rings (SSSR count). The van der Waals surface area contributed by atoms with Crippen molar-refractivity contribution in [3.05, 3.63) is 52.1 Å². The Bertz CT molecular complexity index is 1210. The number of ether oxygens (including phenoxy) is 2. The van der Waals surface area contributed by atoms with Gasteiger partial charge in [-0.15, -0.1) is 0 Å². The molecule has 2 aromatic carbocycles. The van der Waals surface area contributed by atoms with Crippen molar-refractivity contribution < 1.29 is 32.4 Å². The van der Waals surface area contributed by atoms with Gasteiger partial charge in [0, 0.05) is 24.8 Å². The third kappa shape index (κ3) is 4.20. The zero-order chi connectivity index (χ0) is 22.9. The Morgan fingerprint density at radius 3 is 2.56 bits per heavy atom. The van der Waals surface area contributed by atoms with Gasteiger partial charge >= 0.3 is 0 Å². The number of anilines is 1. The summed E-state index contributed by atoms with van der Waals surface area (Å²) in [5, 5.41) is 16.5. The molecule has 2 N–H and O–H groups in total. The average Bonchev–Trinajstić information content (AvgIpc) is 2.78. The van der Waals surface area contributed by atoms with E-state index in [0.717, 1.165) is 10.4 Å². The van der Waals surface area contributed by atoms with E-state index < -0.39 is 32.4 Å². The molecule has 2 heterocycles. The topological polar surface area (TPSA) is 157 Å². The van der Waals surface area contributed by atoms with Gasteiger partial charge in [-0.25, -0.2) is 8.42 Å². The van der Waals surface area contributed by atoms with Gasteiger partial charge in [-0.2, -0.15) is 4.31 Å². The summed E-state index contributed by atoms with van der Waals surface area (Å²) < 4.78 is 37.5. The number of carbonyl (C=O) groups excluding carboxylic acids is 2. The van der Waals surface area contributed by atoms with Gasteiger partial charge < -0.3 is 20.1 Å². The number of nitrogens with zero attached hydrogens (tertiary/aromatic N) is 2. The van der Waals surface area contributed by atoms with Crippen molar-refractivity contribution in [1.29, 1.82) is 0 Å². The maximum absolute atomic E-state index is 12.9. The van der Waals surface area contributed by atoms with E-state index >= 15 is 0 Å². The zero-order valence-corrected chi connectivity index (χ0v) is 17.4. The minimum absolute atomic E-state index is 0.113. The van der Waals surface area contributed by atoms with Crippen LogP contribution in [0, 0.1) is 10.1 Å².